The van der Waals surface area contributed by atoms with Crippen molar-refractivity contribution in [2.75, 3.05) is 20.1 Å². The monoisotopic (exact) mass is 544 g/mol. The van der Waals surface area contributed by atoms with Crippen LogP contribution < -0.4 is 5.32 Å². The highest BCUT2D eigenvalue weighted by molar-refractivity contribution is 5.85. The summed E-state index contributed by atoms with van der Waals surface area (Å²) in [6.45, 7) is 0.000850. The molecule has 0 aromatic heterocycles. The van der Waals surface area contributed by atoms with E-state index >= 15 is 4.39 Å². The fraction of sp³-hybridized carbons (Fsp3) is 0.458. The van der Waals surface area contributed by atoms with Crippen molar-refractivity contribution in [1.29, 1.82) is 0 Å². The first-order chi connectivity index (χ1) is 16.2. The highest BCUT2D eigenvalue weighted by Gasteiger charge is 2.43. The number of nitrogens with one attached hydrogen (secondary N) is 1. The van der Waals surface area contributed by atoms with E-state index in [1.807, 2.05) is 0 Å². The van der Waals surface area contributed by atoms with E-state index in [4.69, 9.17) is 0 Å². The van der Waals surface area contributed by atoms with E-state index in [-0.39, 0.29) is 37.0 Å². The zero-order valence-corrected chi connectivity index (χ0v) is 20.0. The quantitative estimate of drug-likeness (QED) is 0.421. The molecular formula is C24H25ClF8N2O. The Balaban J connectivity index is 0.00000456. The Labute approximate surface area is 209 Å². The van der Waals surface area contributed by atoms with Crippen LogP contribution in [0.1, 0.15) is 47.4 Å². The fourth-order valence-corrected chi connectivity index (χ4v) is 4.29. The Hall–Kier alpha value is -2.40. The summed E-state index contributed by atoms with van der Waals surface area (Å²) in [6, 6.07) is 6.13. The minimum Gasteiger partial charge on any atom is -0.341 e. The normalized spacial score (nSPS) is 19.4. The summed E-state index contributed by atoms with van der Waals surface area (Å²) in [5.74, 6) is -2.21. The number of hydrogen-bond acceptors (Lipinski definition) is 2. The number of rotatable bonds is 6. The predicted molar refractivity (Wildman–Crippen MR) is 120 cm³/mol. The lowest BCUT2D eigenvalue weighted by Gasteiger charge is -2.38. The largest absolute Gasteiger partial charge is 0.416 e. The highest BCUT2D eigenvalue weighted by atomic mass is 35.5. The summed E-state index contributed by atoms with van der Waals surface area (Å²) >= 11 is 0. The van der Waals surface area contributed by atoms with Crippen molar-refractivity contribution in [2.24, 2.45) is 0 Å². The predicted octanol–water partition coefficient (Wildman–Crippen LogP) is 6.51. The number of hydrogen-bond donors (Lipinski definition) is 1. The molecule has 200 valence electrons. The van der Waals surface area contributed by atoms with Gasteiger partial charge < -0.3 is 10.2 Å². The van der Waals surface area contributed by atoms with Crippen LogP contribution in [0.15, 0.2) is 42.5 Å². The van der Waals surface area contributed by atoms with E-state index in [1.165, 1.54) is 19.2 Å². The minimum absolute atomic E-state index is 0. The molecule has 0 aliphatic carbocycles. The number of carbonyl (C=O) groups is 1. The lowest BCUT2D eigenvalue weighted by atomic mass is 9.76. The van der Waals surface area contributed by atoms with Gasteiger partial charge in [0.1, 0.15) is 11.5 Å². The second-order valence-electron chi connectivity index (χ2n) is 8.79. The Morgan fingerprint density at radius 3 is 2.06 bits per heavy atom. The Bertz CT molecular complexity index is 1000. The van der Waals surface area contributed by atoms with Crippen LogP contribution in [-0.2, 0) is 23.7 Å². The molecule has 36 heavy (non-hydrogen) atoms. The van der Waals surface area contributed by atoms with Gasteiger partial charge in [0.25, 0.3) is 0 Å². The van der Waals surface area contributed by atoms with E-state index in [9.17, 15) is 35.5 Å². The molecule has 0 spiro atoms. The average Bonchev–Trinajstić information content (AvgIpc) is 2.77. The topological polar surface area (TPSA) is 32.3 Å². The van der Waals surface area contributed by atoms with Crippen molar-refractivity contribution >= 4 is 18.3 Å². The maximum Gasteiger partial charge on any atom is 0.416 e. The number of benzene rings is 2. The molecule has 1 amide bonds. The van der Waals surface area contributed by atoms with Gasteiger partial charge in [-0.1, -0.05) is 12.1 Å². The van der Waals surface area contributed by atoms with Crippen molar-refractivity contribution in [3.8, 4) is 0 Å². The molecule has 1 aliphatic rings. The van der Waals surface area contributed by atoms with E-state index in [2.05, 4.69) is 5.32 Å². The van der Waals surface area contributed by atoms with Gasteiger partial charge in [-0.2, -0.15) is 26.3 Å². The van der Waals surface area contributed by atoms with Gasteiger partial charge in [0.15, 0.2) is 0 Å². The van der Waals surface area contributed by atoms with Crippen molar-refractivity contribution in [2.45, 2.75) is 49.7 Å². The SMILES string of the molecule is CN(Cc1cc(C(F)(F)F)cc(C(F)(F)F)c1)C(=O)CC(c1ccc(F)cc1)C1(F)CCCNC1.Cl. The third kappa shape index (κ3) is 7.32. The molecule has 12 heteroatoms. The molecule has 2 unspecified atom stereocenters. The van der Waals surface area contributed by atoms with Crippen LogP contribution in [0.3, 0.4) is 0 Å². The zero-order chi connectivity index (χ0) is 26.0. The number of halogens is 9. The summed E-state index contributed by atoms with van der Waals surface area (Å²) < 4.78 is 108. The summed E-state index contributed by atoms with van der Waals surface area (Å²) in [7, 11) is 1.22. The number of alkyl halides is 7. The van der Waals surface area contributed by atoms with E-state index in [1.54, 1.807) is 0 Å². The first-order valence-corrected chi connectivity index (χ1v) is 10.9. The van der Waals surface area contributed by atoms with Gasteiger partial charge in [-0.3, -0.25) is 4.79 Å². The fourth-order valence-electron chi connectivity index (χ4n) is 4.29. The number of piperidine rings is 1. The van der Waals surface area contributed by atoms with Gasteiger partial charge in [0.05, 0.1) is 11.1 Å². The maximum atomic E-state index is 15.9. The molecule has 0 bridgehead atoms. The van der Waals surface area contributed by atoms with Gasteiger partial charge >= 0.3 is 12.4 Å². The zero-order valence-electron chi connectivity index (χ0n) is 19.1. The smallest absolute Gasteiger partial charge is 0.341 e. The van der Waals surface area contributed by atoms with E-state index < -0.39 is 59.8 Å². The second kappa shape index (κ2) is 11.3. The molecule has 0 saturated carbocycles. The van der Waals surface area contributed by atoms with Crippen molar-refractivity contribution in [3.63, 3.8) is 0 Å². The number of nitrogens with zero attached hydrogens (tertiary/aromatic N) is 1. The Kier molecular flexibility index (Phi) is 9.39. The van der Waals surface area contributed by atoms with Crippen molar-refractivity contribution in [3.05, 3.63) is 70.5 Å². The van der Waals surface area contributed by atoms with E-state index in [0.717, 1.165) is 17.0 Å². The second-order valence-corrected chi connectivity index (χ2v) is 8.79. The van der Waals surface area contributed by atoms with Crippen LogP contribution in [0.2, 0.25) is 0 Å². The van der Waals surface area contributed by atoms with Crippen LogP contribution in [-0.4, -0.2) is 36.6 Å². The maximum absolute atomic E-state index is 15.9. The molecule has 2 atom stereocenters. The molecule has 1 aliphatic heterocycles. The summed E-state index contributed by atoms with van der Waals surface area (Å²) in [5.41, 5.74) is -4.80. The molecule has 0 radical (unpaired) electrons. The molecule has 2 aromatic carbocycles. The van der Waals surface area contributed by atoms with Crippen LogP contribution in [0.4, 0.5) is 35.1 Å². The standard InChI is InChI=1S/C24H24F8N2O.ClH/c1-34(13-15-9-17(23(27,28)29)11-18(10-15)24(30,31)32)21(35)12-20(16-3-5-19(25)6-4-16)22(26)7-2-8-33-14-22;/h3-6,9-11,20,33H,2,7-8,12-14H2,1H3;1H. The highest BCUT2D eigenvalue weighted by Crippen LogP contribution is 2.40. The van der Waals surface area contributed by atoms with Crippen LogP contribution >= 0.6 is 12.4 Å². The Morgan fingerprint density at radius 2 is 1.58 bits per heavy atom. The summed E-state index contributed by atoms with van der Waals surface area (Å²) in [4.78, 5) is 13.9. The van der Waals surface area contributed by atoms with Crippen LogP contribution in [0, 0.1) is 5.82 Å². The van der Waals surface area contributed by atoms with Gasteiger partial charge in [-0.15, -0.1) is 12.4 Å². The molecule has 3 nitrogen and oxygen atoms in total. The third-order valence-electron chi connectivity index (χ3n) is 6.13. The van der Waals surface area contributed by atoms with Crippen molar-refractivity contribution < 1.29 is 39.9 Å². The van der Waals surface area contributed by atoms with Crippen LogP contribution in [0.25, 0.3) is 0 Å². The van der Waals surface area contributed by atoms with Crippen LogP contribution in [0.5, 0.6) is 0 Å². The molecule has 3 rings (SSSR count). The molecular weight excluding hydrogens is 520 g/mol. The van der Waals surface area contributed by atoms with Crippen molar-refractivity contribution in [1.82, 2.24) is 10.2 Å². The van der Waals surface area contributed by atoms with Gasteiger partial charge in [0, 0.05) is 32.5 Å². The lowest BCUT2D eigenvalue weighted by Crippen LogP contribution is -2.47. The van der Waals surface area contributed by atoms with Gasteiger partial charge in [0.2, 0.25) is 5.91 Å². The third-order valence-corrected chi connectivity index (χ3v) is 6.13. The minimum atomic E-state index is -5.01. The molecule has 1 fully saturated rings. The first kappa shape index (κ1) is 29.8. The number of amides is 1. The van der Waals surface area contributed by atoms with Gasteiger partial charge in [-0.25, -0.2) is 8.78 Å². The molecule has 1 heterocycles. The molecule has 1 saturated heterocycles. The number of carbonyl (C=O) groups excluding carboxylic acids is 1. The van der Waals surface area contributed by atoms with Gasteiger partial charge in [-0.05, 0) is 60.8 Å². The molecule has 2 aromatic rings. The molecule has 1 N–H and O–H groups in total. The first-order valence-electron chi connectivity index (χ1n) is 10.9. The summed E-state index contributed by atoms with van der Waals surface area (Å²) in [6.07, 6.45) is -9.78. The van der Waals surface area contributed by atoms with E-state index in [0.29, 0.717) is 30.7 Å². The average molecular weight is 545 g/mol. The Morgan fingerprint density at radius 1 is 1.03 bits per heavy atom. The summed E-state index contributed by atoms with van der Waals surface area (Å²) in [5, 5.41) is 2.93. The lowest BCUT2D eigenvalue weighted by molar-refractivity contribution is -0.143.